The number of rotatable bonds is 7. The Hall–Kier alpha value is -0.710. The van der Waals surface area contributed by atoms with E-state index in [0.717, 1.165) is 17.7 Å². The molecule has 0 aliphatic carbocycles. The van der Waals surface area contributed by atoms with E-state index in [1.807, 2.05) is 18.2 Å². The predicted octanol–water partition coefficient (Wildman–Crippen LogP) is 2.20. The third kappa shape index (κ3) is 4.22. The summed E-state index contributed by atoms with van der Waals surface area (Å²) < 4.78 is 5.35. The van der Waals surface area contributed by atoms with Crippen LogP contribution in [0.4, 0.5) is 0 Å². The lowest BCUT2D eigenvalue weighted by atomic mass is 10.1. The van der Waals surface area contributed by atoms with Gasteiger partial charge in [0.25, 0.3) is 0 Å². The maximum absolute atomic E-state index is 8.92. The molecule has 0 aliphatic rings. The Morgan fingerprint density at radius 3 is 2.71 bits per heavy atom. The third-order valence-electron chi connectivity index (χ3n) is 2.63. The summed E-state index contributed by atoms with van der Waals surface area (Å²) in [6.45, 7) is 2.90. The van der Waals surface area contributed by atoms with Gasteiger partial charge < -0.3 is 15.6 Å². The van der Waals surface area contributed by atoms with Crippen LogP contribution in [-0.2, 0) is 0 Å². The zero-order valence-electron chi connectivity index (χ0n) is 10.4. The SMILES string of the molecule is COc1ccccc1C(CN)SC(C)CCO. The topological polar surface area (TPSA) is 55.5 Å². The van der Waals surface area contributed by atoms with Gasteiger partial charge in [-0.2, -0.15) is 0 Å². The van der Waals surface area contributed by atoms with Gasteiger partial charge >= 0.3 is 0 Å². The number of nitrogens with two attached hydrogens (primary N) is 1. The number of aliphatic hydroxyl groups is 1. The van der Waals surface area contributed by atoms with E-state index in [9.17, 15) is 0 Å². The molecule has 1 rings (SSSR count). The molecule has 2 atom stereocenters. The fourth-order valence-corrected chi connectivity index (χ4v) is 2.97. The fraction of sp³-hybridized carbons (Fsp3) is 0.538. The summed E-state index contributed by atoms with van der Waals surface area (Å²) in [4.78, 5) is 0. The Bertz CT molecular complexity index is 333. The van der Waals surface area contributed by atoms with Crippen molar-refractivity contribution in [1.82, 2.24) is 0 Å². The Labute approximate surface area is 107 Å². The maximum Gasteiger partial charge on any atom is 0.123 e. The number of benzene rings is 1. The second-order valence-corrected chi connectivity index (χ2v) is 5.57. The van der Waals surface area contributed by atoms with E-state index in [0.29, 0.717) is 11.8 Å². The molecule has 0 radical (unpaired) electrons. The molecule has 0 fully saturated rings. The molecule has 0 bridgehead atoms. The van der Waals surface area contributed by atoms with Crippen molar-refractivity contribution in [3.8, 4) is 5.75 Å². The number of hydrogen-bond donors (Lipinski definition) is 2. The monoisotopic (exact) mass is 255 g/mol. The molecular formula is C13H21NO2S. The highest BCUT2D eigenvalue weighted by atomic mass is 32.2. The molecule has 0 aromatic heterocycles. The molecule has 3 N–H and O–H groups in total. The normalized spacial score (nSPS) is 14.4. The zero-order valence-corrected chi connectivity index (χ0v) is 11.2. The maximum atomic E-state index is 8.92. The molecule has 0 heterocycles. The fourth-order valence-electron chi connectivity index (χ4n) is 1.72. The van der Waals surface area contributed by atoms with Gasteiger partial charge in [-0.15, -0.1) is 11.8 Å². The standard InChI is InChI=1S/C13H21NO2S/c1-10(7-8-15)17-13(9-14)11-5-3-4-6-12(11)16-2/h3-6,10,13,15H,7-9,14H2,1-2H3. The lowest BCUT2D eigenvalue weighted by Gasteiger charge is -2.21. The number of para-hydroxylation sites is 1. The number of thioether (sulfide) groups is 1. The van der Waals surface area contributed by atoms with Crippen LogP contribution in [0.3, 0.4) is 0 Å². The Morgan fingerprint density at radius 2 is 2.12 bits per heavy atom. The van der Waals surface area contributed by atoms with Crippen molar-refractivity contribution in [3.63, 3.8) is 0 Å². The van der Waals surface area contributed by atoms with Crippen LogP contribution in [0.1, 0.15) is 24.2 Å². The highest BCUT2D eigenvalue weighted by Crippen LogP contribution is 2.37. The average Bonchev–Trinajstić information content (AvgIpc) is 2.36. The molecular weight excluding hydrogens is 234 g/mol. The van der Waals surface area contributed by atoms with Crippen molar-refractivity contribution in [2.24, 2.45) is 5.73 Å². The van der Waals surface area contributed by atoms with Gasteiger partial charge in [0, 0.05) is 29.2 Å². The average molecular weight is 255 g/mol. The molecule has 0 spiro atoms. The molecule has 1 aromatic carbocycles. The van der Waals surface area contributed by atoms with Crippen LogP contribution in [0, 0.1) is 0 Å². The summed E-state index contributed by atoms with van der Waals surface area (Å²) in [6.07, 6.45) is 0.788. The molecule has 96 valence electrons. The van der Waals surface area contributed by atoms with E-state index in [-0.39, 0.29) is 11.9 Å². The Balaban J connectivity index is 2.78. The second kappa shape index (κ2) is 7.58. The van der Waals surface area contributed by atoms with Gasteiger partial charge in [-0.3, -0.25) is 0 Å². The van der Waals surface area contributed by atoms with Crippen molar-refractivity contribution in [3.05, 3.63) is 29.8 Å². The van der Waals surface area contributed by atoms with Crippen LogP contribution in [0.2, 0.25) is 0 Å². The molecule has 0 saturated heterocycles. The van der Waals surface area contributed by atoms with Gasteiger partial charge in [-0.25, -0.2) is 0 Å². The van der Waals surface area contributed by atoms with Crippen LogP contribution in [0.25, 0.3) is 0 Å². The van der Waals surface area contributed by atoms with Crippen LogP contribution in [0.5, 0.6) is 5.75 Å². The third-order valence-corrected chi connectivity index (χ3v) is 4.11. The summed E-state index contributed by atoms with van der Waals surface area (Å²) in [5.74, 6) is 0.881. The van der Waals surface area contributed by atoms with Crippen molar-refractivity contribution >= 4 is 11.8 Å². The molecule has 17 heavy (non-hydrogen) atoms. The van der Waals surface area contributed by atoms with E-state index in [1.165, 1.54) is 0 Å². The summed E-state index contributed by atoms with van der Waals surface area (Å²) in [7, 11) is 1.67. The number of hydrogen-bond acceptors (Lipinski definition) is 4. The van der Waals surface area contributed by atoms with Gasteiger partial charge in [0.15, 0.2) is 0 Å². The lowest BCUT2D eigenvalue weighted by Crippen LogP contribution is -2.14. The number of ether oxygens (including phenoxy) is 1. The quantitative estimate of drug-likeness (QED) is 0.784. The van der Waals surface area contributed by atoms with E-state index >= 15 is 0 Å². The molecule has 2 unspecified atom stereocenters. The number of methoxy groups -OCH3 is 1. The molecule has 0 amide bonds. The van der Waals surface area contributed by atoms with Crippen molar-refractivity contribution < 1.29 is 9.84 Å². The van der Waals surface area contributed by atoms with E-state index in [2.05, 4.69) is 13.0 Å². The first kappa shape index (κ1) is 14.4. The first-order valence-corrected chi connectivity index (χ1v) is 6.76. The summed E-state index contributed by atoms with van der Waals surface area (Å²) in [5, 5.41) is 9.53. The minimum Gasteiger partial charge on any atom is -0.496 e. The van der Waals surface area contributed by atoms with Gasteiger partial charge in [-0.05, 0) is 12.5 Å². The zero-order chi connectivity index (χ0) is 12.7. The largest absolute Gasteiger partial charge is 0.496 e. The molecule has 0 saturated carbocycles. The van der Waals surface area contributed by atoms with E-state index in [4.69, 9.17) is 15.6 Å². The van der Waals surface area contributed by atoms with Crippen LogP contribution < -0.4 is 10.5 Å². The second-order valence-electron chi connectivity index (χ2n) is 3.93. The highest BCUT2D eigenvalue weighted by Gasteiger charge is 2.17. The first-order valence-electron chi connectivity index (χ1n) is 5.82. The molecule has 0 aliphatic heterocycles. The van der Waals surface area contributed by atoms with Gasteiger partial charge in [0.05, 0.1) is 7.11 Å². The van der Waals surface area contributed by atoms with E-state index in [1.54, 1.807) is 18.9 Å². The molecule has 1 aromatic rings. The predicted molar refractivity (Wildman–Crippen MR) is 73.5 cm³/mol. The summed E-state index contributed by atoms with van der Waals surface area (Å²) in [6, 6.07) is 7.96. The van der Waals surface area contributed by atoms with Crippen LogP contribution in [-0.4, -0.2) is 30.6 Å². The summed E-state index contributed by atoms with van der Waals surface area (Å²) >= 11 is 1.79. The van der Waals surface area contributed by atoms with Crippen molar-refractivity contribution in [1.29, 1.82) is 0 Å². The van der Waals surface area contributed by atoms with Crippen LogP contribution in [0.15, 0.2) is 24.3 Å². The minimum absolute atomic E-state index is 0.215. The molecule has 4 heteroatoms. The smallest absolute Gasteiger partial charge is 0.123 e. The number of aliphatic hydroxyl groups excluding tert-OH is 1. The first-order chi connectivity index (χ1) is 8.22. The Kier molecular flexibility index (Phi) is 6.40. The molecule has 3 nitrogen and oxygen atoms in total. The van der Waals surface area contributed by atoms with Crippen LogP contribution >= 0.6 is 11.8 Å². The highest BCUT2D eigenvalue weighted by molar-refractivity contribution is 8.00. The van der Waals surface area contributed by atoms with Crippen molar-refractivity contribution in [2.45, 2.75) is 23.8 Å². The summed E-state index contributed by atoms with van der Waals surface area (Å²) in [5.41, 5.74) is 6.97. The minimum atomic E-state index is 0.215. The van der Waals surface area contributed by atoms with Gasteiger partial charge in [0.2, 0.25) is 0 Å². The van der Waals surface area contributed by atoms with Crippen molar-refractivity contribution in [2.75, 3.05) is 20.3 Å². The van der Waals surface area contributed by atoms with Gasteiger partial charge in [0.1, 0.15) is 5.75 Å². The lowest BCUT2D eigenvalue weighted by molar-refractivity contribution is 0.289. The van der Waals surface area contributed by atoms with E-state index < -0.39 is 0 Å². The van der Waals surface area contributed by atoms with Gasteiger partial charge in [-0.1, -0.05) is 25.1 Å². The Morgan fingerprint density at radius 1 is 1.41 bits per heavy atom.